The summed E-state index contributed by atoms with van der Waals surface area (Å²) in [5, 5.41) is 20.4. The molecule has 5 atom stereocenters. The quantitative estimate of drug-likeness (QED) is 0.0290. The summed E-state index contributed by atoms with van der Waals surface area (Å²) in [7, 11) is 0. The first-order valence-electron chi connectivity index (χ1n) is 17.0. The van der Waals surface area contributed by atoms with Crippen LogP contribution in [0.3, 0.4) is 0 Å². The van der Waals surface area contributed by atoms with E-state index in [9.17, 15) is 38.7 Å². The van der Waals surface area contributed by atoms with E-state index >= 15 is 0 Å². The van der Waals surface area contributed by atoms with E-state index in [1.54, 1.807) is 60.8 Å². The number of nitrogens with one attached hydrogen (secondary N) is 5. The summed E-state index contributed by atoms with van der Waals surface area (Å²) in [6.45, 7) is 0.102. The summed E-state index contributed by atoms with van der Waals surface area (Å²) in [6.07, 6.45) is 0.351. The molecule has 2 aromatic carbocycles. The molecule has 0 spiro atoms. The Balaban J connectivity index is 1.78. The van der Waals surface area contributed by atoms with Gasteiger partial charge in [0.05, 0.1) is 12.5 Å². The number of carboxylic acids is 1. The number of H-pyrrole nitrogens is 1. The van der Waals surface area contributed by atoms with Crippen LogP contribution >= 0.6 is 0 Å². The second kappa shape index (κ2) is 20.5. The summed E-state index contributed by atoms with van der Waals surface area (Å²) >= 11 is 0. The number of aromatic nitrogens is 1. The van der Waals surface area contributed by atoms with Gasteiger partial charge < -0.3 is 60.0 Å². The Morgan fingerprint density at radius 3 is 1.89 bits per heavy atom. The van der Waals surface area contributed by atoms with Crippen LogP contribution in [0.25, 0.3) is 10.9 Å². The monoisotopic (exact) mass is 749 g/mol. The molecule has 0 aliphatic heterocycles. The SMILES string of the molecule is NC(=O)CC[C@H](NC(=O)[C@H](CCCN=C(N)N)NC(=O)[C@@H](N)Cc1ccccc1)C(=O)N[C@@H](CC(N)=O)C(=O)N[C@@H](Cc1c[nH]c2ccccc12)C(=O)O. The van der Waals surface area contributed by atoms with Crippen LogP contribution in [0.1, 0.15) is 43.2 Å². The fraction of sp³-hybridized carbons (Fsp3) is 0.371. The van der Waals surface area contributed by atoms with Crippen molar-refractivity contribution < 1.29 is 38.7 Å². The maximum atomic E-state index is 13.6. The van der Waals surface area contributed by atoms with E-state index in [1.165, 1.54) is 0 Å². The maximum Gasteiger partial charge on any atom is 0.326 e. The van der Waals surface area contributed by atoms with Crippen LogP contribution in [0.2, 0.25) is 0 Å². The highest BCUT2D eigenvalue weighted by molar-refractivity contribution is 5.97. The largest absolute Gasteiger partial charge is 0.480 e. The van der Waals surface area contributed by atoms with Gasteiger partial charge >= 0.3 is 5.97 Å². The summed E-state index contributed by atoms with van der Waals surface area (Å²) < 4.78 is 0. The van der Waals surface area contributed by atoms with Crippen LogP contribution in [0.15, 0.2) is 65.8 Å². The molecule has 0 radical (unpaired) electrons. The van der Waals surface area contributed by atoms with Gasteiger partial charge in [0.25, 0.3) is 0 Å². The van der Waals surface area contributed by atoms with E-state index < -0.39 is 78.0 Å². The zero-order valence-corrected chi connectivity index (χ0v) is 29.5. The van der Waals surface area contributed by atoms with Crippen LogP contribution in [0.4, 0.5) is 0 Å². The number of aliphatic carboxylic acids is 1. The molecule has 0 unspecified atom stereocenters. The van der Waals surface area contributed by atoms with Gasteiger partial charge in [0.2, 0.25) is 35.4 Å². The van der Waals surface area contributed by atoms with E-state index in [0.29, 0.717) is 5.56 Å². The zero-order chi connectivity index (χ0) is 39.8. The van der Waals surface area contributed by atoms with Gasteiger partial charge in [-0.2, -0.15) is 0 Å². The van der Waals surface area contributed by atoms with Crippen LogP contribution in [0.5, 0.6) is 0 Å². The van der Waals surface area contributed by atoms with E-state index in [0.717, 1.165) is 16.5 Å². The van der Waals surface area contributed by atoms with E-state index in [1.807, 2.05) is 0 Å². The van der Waals surface area contributed by atoms with Crippen LogP contribution in [-0.4, -0.2) is 94.2 Å². The Kier molecular flexibility index (Phi) is 15.9. The van der Waals surface area contributed by atoms with Crippen molar-refractivity contribution in [2.45, 2.75) is 75.2 Å². The molecule has 1 aromatic heterocycles. The van der Waals surface area contributed by atoms with Crippen LogP contribution in [0, 0.1) is 0 Å². The number of amides is 6. The Hall–Kier alpha value is -6.50. The lowest BCUT2D eigenvalue weighted by Gasteiger charge is -2.26. The molecule has 0 aliphatic rings. The third-order valence-electron chi connectivity index (χ3n) is 8.28. The highest BCUT2D eigenvalue weighted by atomic mass is 16.4. The number of fused-ring (bicyclic) bond motifs is 1. The lowest BCUT2D eigenvalue weighted by Crippen LogP contribution is -2.59. The van der Waals surface area contributed by atoms with Gasteiger partial charge in [-0.3, -0.25) is 33.8 Å². The number of guanidine groups is 1. The molecule has 3 rings (SSSR count). The second-order valence-corrected chi connectivity index (χ2v) is 12.6. The minimum Gasteiger partial charge on any atom is -0.480 e. The van der Waals surface area contributed by atoms with Crippen LogP contribution in [-0.2, 0) is 46.4 Å². The fourth-order valence-corrected chi connectivity index (χ4v) is 5.52. The molecular formula is C35H47N11O8. The lowest BCUT2D eigenvalue weighted by molar-refractivity contribution is -0.142. The summed E-state index contributed by atoms with van der Waals surface area (Å²) in [4.78, 5) is 96.5. The smallest absolute Gasteiger partial charge is 0.326 e. The number of hydrogen-bond acceptors (Lipinski definition) is 9. The molecule has 3 aromatic rings. The minimum absolute atomic E-state index is 0.00369. The number of nitrogens with two attached hydrogens (primary N) is 5. The van der Waals surface area contributed by atoms with Crippen molar-refractivity contribution in [2.24, 2.45) is 33.7 Å². The molecule has 0 bridgehead atoms. The number of carbonyl (C=O) groups is 7. The number of aromatic amines is 1. The second-order valence-electron chi connectivity index (χ2n) is 12.6. The predicted molar refractivity (Wildman–Crippen MR) is 198 cm³/mol. The van der Waals surface area contributed by atoms with Crippen molar-refractivity contribution in [1.29, 1.82) is 0 Å². The number of carboxylic acid groups (broad SMARTS) is 1. The Bertz CT molecular complexity index is 1830. The van der Waals surface area contributed by atoms with Gasteiger partial charge in [-0.25, -0.2) is 4.79 Å². The maximum absolute atomic E-state index is 13.6. The lowest BCUT2D eigenvalue weighted by atomic mass is 10.0. The van der Waals surface area contributed by atoms with Gasteiger partial charge in [0.1, 0.15) is 24.2 Å². The van der Waals surface area contributed by atoms with Gasteiger partial charge in [-0.15, -0.1) is 0 Å². The average Bonchev–Trinajstić information content (AvgIpc) is 3.52. The standard InChI is InChI=1S/C35H47N11O8/c36-22(15-19-7-2-1-3-8-19)30(49)43-24(11-6-14-41-35(39)40)31(50)44-25(12-13-28(37)47)32(51)45-26(17-29(38)48)33(52)46-27(34(53)54)16-20-18-42-23-10-5-4-9-21(20)23/h1-5,7-10,18,22,24-27,42H,6,11-17,36H2,(H2,37,47)(H2,38,48)(H,43,49)(H,44,50)(H,45,51)(H,46,52)(H,53,54)(H4,39,40,41)/t22-,24-,25-,26-,27-/m0/s1. The minimum atomic E-state index is -1.68. The first kappa shape index (κ1) is 41.9. The molecule has 290 valence electrons. The Morgan fingerprint density at radius 2 is 1.26 bits per heavy atom. The van der Waals surface area contributed by atoms with Gasteiger partial charge in [-0.1, -0.05) is 48.5 Å². The van der Waals surface area contributed by atoms with Gasteiger partial charge in [0, 0.05) is 36.5 Å². The predicted octanol–water partition coefficient (Wildman–Crippen LogP) is -2.50. The highest BCUT2D eigenvalue weighted by Gasteiger charge is 2.33. The van der Waals surface area contributed by atoms with E-state index in [2.05, 4.69) is 31.2 Å². The summed E-state index contributed by atoms with van der Waals surface area (Å²) in [5.74, 6) is -7.00. The van der Waals surface area contributed by atoms with Crippen molar-refractivity contribution in [2.75, 3.05) is 6.54 Å². The van der Waals surface area contributed by atoms with Gasteiger partial charge in [-0.05, 0) is 42.9 Å². The molecule has 0 fully saturated rings. The number of benzene rings is 2. The third kappa shape index (κ3) is 13.6. The molecule has 0 aliphatic carbocycles. The average molecular weight is 750 g/mol. The molecule has 19 heteroatoms. The first-order valence-corrected chi connectivity index (χ1v) is 17.0. The van der Waals surface area contributed by atoms with Gasteiger partial charge in [0.15, 0.2) is 5.96 Å². The number of primary amides is 2. The molecule has 0 saturated heterocycles. The topological polar surface area (TPSA) is 346 Å². The number of nitrogens with zero attached hydrogens (tertiary/aromatic N) is 1. The summed E-state index contributed by atoms with van der Waals surface area (Å²) in [6, 6.07) is 9.07. The Morgan fingerprint density at radius 1 is 0.685 bits per heavy atom. The fourth-order valence-electron chi connectivity index (χ4n) is 5.52. The van der Waals surface area contributed by atoms with Crippen molar-refractivity contribution in [3.8, 4) is 0 Å². The number of carbonyl (C=O) groups excluding carboxylic acids is 6. The van der Waals surface area contributed by atoms with Crippen molar-refractivity contribution in [3.63, 3.8) is 0 Å². The molecular weight excluding hydrogens is 702 g/mol. The number of para-hydroxylation sites is 1. The molecule has 16 N–H and O–H groups in total. The highest BCUT2D eigenvalue weighted by Crippen LogP contribution is 2.19. The van der Waals surface area contributed by atoms with Crippen molar-refractivity contribution in [1.82, 2.24) is 26.3 Å². The molecule has 19 nitrogen and oxygen atoms in total. The molecule has 1 heterocycles. The molecule has 54 heavy (non-hydrogen) atoms. The first-order chi connectivity index (χ1) is 25.6. The number of hydrogen-bond donors (Lipinski definition) is 11. The van der Waals surface area contributed by atoms with Crippen molar-refractivity contribution in [3.05, 3.63) is 71.9 Å². The van der Waals surface area contributed by atoms with E-state index in [-0.39, 0.29) is 51.0 Å². The van der Waals surface area contributed by atoms with Crippen LogP contribution < -0.4 is 49.9 Å². The number of aliphatic imine (C=N–C) groups is 1. The molecule has 6 amide bonds. The number of rotatable bonds is 22. The normalized spacial score (nSPS) is 13.6. The Labute approximate surface area is 310 Å². The van der Waals surface area contributed by atoms with Crippen molar-refractivity contribution >= 4 is 58.3 Å². The zero-order valence-electron chi connectivity index (χ0n) is 29.5. The third-order valence-corrected chi connectivity index (χ3v) is 8.28. The molecule has 0 saturated carbocycles. The summed E-state index contributed by atoms with van der Waals surface area (Å²) in [5.41, 5.74) is 29.7. The van der Waals surface area contributed by atoms with E-state index in [4.69, 9.17) is 28.7 Å².